The molecule has 1 aromatic rings. The molecule has 1 unspecified atom stereocenters. The molecule has 1 atom stereocenters. The van der Waals surface area contributed by atoms with Crippen LogP contribution in [-0.2, 0) is 5.88 Å². The monoisotopic (exact) mass is 263 g/mol. The predicted molar refractivity (Wildman–Crippen MR) is 74.8 cm³/mol. The molecule has 1 aliphatic carbocycles. The lowest BCUT2D eigenvalue weighted by Gasteiger charge is -2.18. The number of hydrogen-bond donors (Lipinski definition) is 1. The summed E-state index contributed by atoms with van der Waals surface area (Å²) in [6.07, 6.45) is 7.78. The van der Waals surface area contributed by atoms with Gasteiger partial charge in [-0.2, -0.15) is 0 Å². The van der Waals surface area contributed by atoms with Crippen LogP contribution in [0.25, 0.3) is 0 Å². The first kappa shape index (κ1) is 13.2. The number of halogens is 1. The first-order valence-electron chi connectivity index (χ1n) is 6.37. The van der Waals surface area contributed by atoms with Crippen molar-refractivity contribution < 1.29 is 4.79 Å². The van der Waals surface area contributed by atoms with Crippen LogP contribution in [-0.4, -0.2) is 12.5 Å². The van der Waals surface area contributed by atoms with Crippen LogP contribution in [0, 0.1) is 5.92 Å². The van der Waals surface area contributed by atoms with Crippen LogP contribution in [0.3, 0.4) is 0 Å². The Bertz CT molecular complexity index is 442. The number of rotatable bonds is 4. The normalized spacial score (nSPS) is 18.6. The summed E-state index contributed by atoms with van der Waals surface area (Å²) in [5.74, 6) is 1.01. The van der Waals surface area contributed by atoms with Gasteiger partial charge in [-0.15, -0.1) is 11.6 Å². The van der Waals surface area contributed by atoms with E-state index >= 15 is 0 Å². The summed E-state index contributed by atoms with van der Waals surface area (Å²) in [7, 11) is 0. The standard InChI is InChI=1S/C15H18ClNO/c16-10-13-7-4-8-14(9-13)15(18)17-11-12-5-2-1-3-6-12/h1-2,4,7-9,12H,3,5-6,10-11H2,(H,17,18). The average Bonchev–Trinajstić information content (AvgIpc) is 2.46. The zero-order valence-electron chi connectivity index (χ0n) is 10.4. The molecule has 0 spiro atoms. The topological polar surface area (TPSA) is 29.1 Å². The van der Waals surface area contributed by atoms with E-state index in [9.17, 15) is 4.79 Å². The fourth-order valence-electron chi connectivity index (χ4n) is 2.18. The van der Waals surface area contributed by atoms with Crippen LogP contribution in [0.5, 0.6) is 0 Å². The van der Waals surface area contributed by atoms with Gasteiger partial charge in [-0.05, 0) is 42.9 Å². The van der Waals surface area contributed by atoms with Gasteiger partial charge in [-0.25, -0.2) is 0 Å². The van der Waals surface area contributed by atoms with Crippen molar-refractivity contribution in [2.24, 2.45) is 5.92 Å². The van der Waals surface area contributed by atoms with Crippen molar-refractivity contribution in [3.05, 3.63) is 47.5 Å². The van der Waals surface area contributed by atoms with Crippen LogP contribution < -0.4 is 5.32 Å². The van der Waals surface area contributed by atoms with Crippen molar-refractivity contribution in [1.82, 2.24) is 5.32 Å². The van der Waals surface area contributed by atoms with Crippen molar-refractivity contribution in [2.75, 3.05) is 6.54 Å². The van der Waals surface area contributed by atoms with Crippen LogP contribution >= 0.6 is 11.6 Å². The summed E-state index contributed by atoms with van der Waals surface area (Å²) in [5, 5.41) is 3.00. The van der Waals surface area contributed by atoms with E-state index in [2.05, 4.69) is 17.5 Å². The minimum atomic E-state index is -0.00322. The minimum Gasteiger partial charge on any atom is -0.352 e. The molecule has 0 bridgehead atoms. The molecule has 1 N–H and O–H groups in total. The van der Waals surface area contributed by atoms with Crippen molar-refractivity contribution >= 4 is 17.5 Å². The van der Waals surface area contributed by atoms with E-state index in [-0.39, 0.29) is 5.91 Å². The number of alkyl halides is 1. The number of carbonyl (C=O) groups excluding carboxylic acids is 1. The van der Waals surface area contributed by atoms with Crippen LogP contribution in [0.1, 0.15) is 35.2 Å². The second-order valence-corrected chi connectivity index (χ2v) is 4.96. The highest BCUT2D eigenvalue weighted by atomic mass is 35.5. The summed E-state index contributed by atoms with van der Waals surface area (Å²) in [6, 6.07) is 7.47. The Morgan fingerprint density at radius 3 is 3.00 bits per heavy atom. The fraction of sp³-hybridized carbons (Fsp3) is 0.400. The first-order valence-corrected chi connectivity index (χ1v) is 6.91. The average molecular weight is 264 g/mol. The van der Waals surface area contributed by atoms with Crippen molar-refractivity contribution in [3.8, 4) is 0 Å². The second-order valence-electron chi connectivity index (χ2n) is 4.69. The molecule has 2 nitrogen and oxygen atoms in total. The Kier molecular flexibility index (Phi) is 4.82. The molecule has 0 heterocycles. The fourth-order valence-corrected chi connectivity index (χ4v) is 2.34. The Hall–Kier alpha value is -1.28. The maximum atomic E-state index is 12.0. The molecule has 3 heteroatoms. The van der Waals surface area contributed by atoms with E-state index in [1.165, 1.54) is 6.42 Å². The molecule has 1 amide bonds. The zero-order valence-corrected chi connectivity index (χ0v) is 11.1. The van der Waals surface area contributed by atoms with E-state index in [1.807, 2.05) is 24.3 Å². The highest BCUT2D eigenvalue weighted by Crippen LogP contribution is 2.17. The SMILES string of the molecule is O=C(NCC1CC=CCC1)c1cccc(CCl)c1. The van der Waals surface area contributed by atoms with Crippen molar-refractivity contribution in [1.29, 1.82) is 0 Å². The number of carbonyl (C=O) groups is 1. The molecule has 1 aliphatic rings. The molecule has 18 heavy (non-hydrogen) atoms. The van der Waals surface area contributed by atoms with E-state index in [4.69, 9.17) is 11.6 Å². The van der Waals surface area contributed by atoms with Crippen molar-refractivity contribution in [3.63, 3.8) is 0 Å². The number of amides is 1. The number of allylic oxidation sites excluding steroid dienone is 2. The Morgan fingerprint density at radius 1 is 1.39 bits per heavy atom. The molecule has 1 aromatic carbocycles. The van der Waals surface area contributed by atoms with Gasteiger partial charge in [-0.3, -0.25) is 4.79 Å². The predicted octanol–water partition coefficient (Wildman–Crippen LogP) is 3.51. The smallest absolute Gasteiger partial charge is 0.251 e. The number of benzene rings is 1. The van der Waals surface area contributed by atoms with E-state index < -0.39 is 0 Å². The Labute approximate surface area is 113 Å². The van der Waals surface area contributed by atoms with Gasteiger partial charge in [-0.1, -0.05) is 24.3 Å². The summed E-state index contributed by atoms with van der Waals surface area (Å²) in [4.78, 5) is 12.0. The van der Waals surface area contributed by atoms with Gasteiger partial charge < -0.3 is 5.32 Å². The van der Waals surface area contributed by atoms with Gasteiger partial charge in [0.25, 0.3) is 5.91 Å². The summed E-state index contributed by atoms with van der Waals surface area (Å²) < 4.78 is 0. The molecule has 0 fully saturated rings. The van der Waals surface area contributed by atoms with Gasteiger partial charge >= 0.3 is 0 Å². The molecule has 0 aromatic heterocycles. The molecule has 0 saturated carbocycles. The third-order valence-corrected chi connectivity index (χ3v) is 3.58. The third kappa shape index (κ3) is 3.61. The molecular formula is C15H18ClNO. The quantitative estimate of drug-likeness (QED) is 0.654. The lowest BCUT2D eigenvalue weighted by molar-refractivity contribution is 0.0946. The number of nitrogens with one attached hydrogen (secondary N) is 1. The van der Waals surface area contributed by atoms with Gasteiger partial charge in [0.15, 0.2) is 0 Å². The molecule has 0 radical (unpaired) electrons. The number of hydrogen-bond acceptors (Lipinski definition) is 1. The van der Waals surface area contributed by atoms with Gasteiger partial charge in [0.05, 0.1) is 0 Å². The molecule has 0 aliphatic heterocycles. The maximum absolute atomic E-state index is 12.0. The van der Waals surface area contributed by atoms with Gasteiger partial charge in [0, 0.05) is 18.0 Å². The van der Waals surface area contributed by atoms with E-state index in [1.54, 1.807) is 0 Å². The van der Waals surface area contributed by atoms with Gasteiger partial charge in [0.1, 0.15) is 0 Å². The maximum Gasteiger partial charge on any atom is 0.251 e. The highest BCUT2D eigenvalue weighted by Gasteiger charge is 2.12. The minimum absolute atomic E-state index is 0.00322. The Balaban J connectivity index is 1.88. The third-order valence-electron chi connectivity index (χ3n) is 3.27. The lowest BCUT2D eigenvalue weighted by atomic mass is 9.94. The van der Waals surface area contributed by atoms with Crippen LogP contribution in [0.4, 0.5) is 0 Å². The summed E-state index contributed by atoms with van der Waals surface area (Å²) in [5.41, 5.74) is 1.67. The van der Waals surface area contributed by atoms with E-state index in [0.717, 1.165) is 24.9 Å². The molecule has 0 saturated heterocycles. The van der Waals surface area contributed by atoms with Gasteiger partial charge in [0.2, 0.25) is 0 Å². The lowest BCUT2D eigenvalue weighted by Crippen LogP contribution is -2.29. The first-order chi connectivity index (χ1) is 8.79. The largest absolute Gasteiger partial charge is 0.352 e. The molecular weight excluding hydrogens is 246 g/mol. The van der Waals surface area contributed by atoms with Crippen molar-refractivity contribution in [2.45, 2.75) is 25.1 Å². The second kappa shape index (κ2) is 6.60. The van der Waals surface area contributed by atoms with E-state index in [0.29, 0.717) is 17.4 Å². The highest BCUT2D eigenvalue weighted by molar-refractivity contribution is 6.17. The molecule has 96 valence electrons. The summed E-state index contributed by atoms with van der Waals surface area (Å²) in [6.45, 7) is 0.758. The molecule has 2 rings (SSSR count). The zero-order chi connectivity index (χ0) is 12.8. The van der Waals surface area contributed by atoms with Crippen LogP contribution in [0.15, 0.2) is 36.4 Å². The Morgan fingerprint density at radius 2 is 2.28 bits per heavy atom. The van der Waals surface area contributed by atoms with Crippen LogP contribution in [0.2, 0.25) is 0 Å². The summed E-state index contributed by atoms with van der Waals surface area (Å²) >= 11 is 5.76.